The molecule has 0 aromatic heterocycles. The van der Waals surface area contributed by atoms with Crippen LogP contribution in [0.15, 0.2) is 54.6 Å². The first-order chi connectivity index (χ1) is 12.6. The summed E-state index contributed by atoms with van der Waals surface area (Å²) in [4.78, 5) is 13.0. The van der Waals surface area contributed by atoms with Crippen LogP contribution in [-0.4, -0.2) is 12.1 Å². The minimum atomic E-state index is -0.294. The van der Waals surface area contributed by atoms with Crippen LogP contribution in [0, 0.1) is 0 Å². The van der Waals surface area contributed by atoms with Crippen LogP contribution in [0.5, 0.6) is 0 Å². The first kappa shape index (κ1) is 20.5. The van der Waals surface area contributed by atoms with E-state index in [0.717, 1.165) is 30.4 Å². The molecule has 2 atom stereocenters. The summed E-state index contributed by atoms with van der Waals surface area (Å²) in [6, 6.07) is 17.6. The van der Waals surface area contributed by atoms with E-state index < -0.39 is 0 Å². The lowest BCUT2D eigenvalue weighted by molar-refractivity contribution is -0.151. The molecule has 0 aliphatic heterocycles. The van der Waals surface area contributed by atoms with Crippen molar-refractivity contribution in [3.05, 3.63) is 70.7 Å². The fourth-order valence-corrected chi connectivity index (χ4v) is 3.22. The lowest BCUT2D eigenvalue weighted by atomic mass is 9.92. The zero-order valence-electron chi connectivity index (χ0n) is 15.8. The minimum Gasteiger partial charge on any atom is -0.462 e. The molecular formula is C23H29ClO2. The predicted octanol–water partition coefficient (Wildman–Crippen LogP) is 6.57. The average Bonchev–Trinajstić information content (AvgIpc) is 2.67. The number of rotatable bonds is 10. The summed E-state index contributed by atoms with van der Waals surface area (Å²) in [7, 11) is 0. The van der Waals surface area contributed by atoms with E-state index in [2.05, 4.69) is 13.8 Å². The Morgan fingerprint density at radius 3 is 2.31 bits per heavy atom. The maximum absolute atomic E-state index is 13.0. The van der Waals surface area contributed by atoms with Crippen molar-refractivity contribution in [1.29, 1.82) is 0 Å². The second-order valence-corrected chi connectivity index (χ2v) is 7.19. The van der Waals surface area contributed by atoms with Crippen LogP contribution in [-0.2, 0) is 16.0 Å². The van der Waals surface area contributed by atoms with Crippen LogP contribution in [0.3, 0.4) is 0 Å². The maximum Gasteiger partial charge on any atom is 0.314 e. The second-order valence-electron chi connectivity index (χ2n) is 6.76. The van der Waals surface area contributed by atoms with Crippen molar-refractivity contribution in [1.82, 2.24) is 0 Å². The third kappa shape index (κ3) is 6.49. The van der Waals surface area contributed by atoms with Crippen LogP contribution in [0.2, 0.25) is 5.02 Å². The number of unbranched alkanes of at least 4 members (excludes halogenated alkanes) is 2. The molecule has 26 heavy (non-hydrogen) atoms. The number of hydrogen-bond donors (Lipinski definition) is 0. The predicted molar refractivity (Wildman–Crippen MR) is 109 cm³/mol. The van der Waals surface area contributed by atoms with E-state index in [-0.39, 0.29) is 18.0 Å². The fraction of sp³-hybridized carbons (Fsp3) is 0.435. The van der Waals surface area contributed by atoms with Crippen molar-refractivity contribution in [3.63, 3.8) is 0 Å². The van der Waals surface area contributed by atoms with E-state index in [1.165, 1.54) is 12.8 Å². The van der Waals surface area contributed by atoms with E-state index in [4.69, 9.17) is 16.3 Å². The third-order valence-corrected chi connectivity index (χ3v) is 4.96. The number of ether oxygens (including phenoxy) is 1. The molecule has 140 valence electrons. The lowest BCUT2D eigenvalue weighted by Gasteiger charge is -2.22. The SMILES string of the molecule is CCCCCC(CC)OC(=O)C(Cc1ccc(Cl)cc1)c1ccccc1. The van der Waals surface area contributed by atoms with E-state index in [0.29, 0.717) is 11.4 Å². The van der Waals surface area contributed by atoms with Crippen LogP contribution in [0.1, 0.15) is 63.0 Å². The van der Waals surface area contributed by atoms with E-state index in [1.807, 2.05) is 54.6 Å². The molecule has 0 amide bonds. The molecule has 0 bridgehead atoms. The summed E-state index contributed by atoms with van der Waals surface area (Å²) in [5.74, 6) is -0.424. The van der Waals surface area contributed by atoms with Gasteiger partial charge in [-0.1, -0.05) is 80.8 Å². The summed E-state index contributed by atoms with van der Waals surface area (Å²) in [5, 5.41) is 0.703. The molecule has 0 heterocycles. The highest BCUT2D eigenvalue weighted by Gasteiger charge is 2.25. The van der Waals surface area contributed by atoms with E-state index in [1.54, 1.807) is 0 Å². The third-order valence-electron chi connectivity index (χ3n) is 4.71. The number of benzene rings is 2. The van der Waals surface area contributed by atoms with Gasteiger partial charge < -0.3 is 4.74 Å². The molecule has 3 heteroatoms. The number of hydrogen-bond acceptors (Lipinski definition) is 2. The molecular weight excluding hydrogens is 344 g/mol. The number of carbonyl (C=O) groups is 1. The highest BCUT2D eigenvalue weighted by Crippen LogP contribution is 2.25. The number of halogens is 1. The van der Waals surface area contributed by atoms with Gasteiger partial charge in [-0.05, 0) is 48.9 Å². The van der Waals surface area contributed by atoms with Gasteiger partial charge in [0.1, 0.15) is 6.10 Å². The highest BCUT2D eigenvalue weighted by atomic mass is 35.5. The van der Waals surface area contributed by atoms with E-state index in [9.17, 15) is 4.79 Å². The normalized spacial score (nSPS) is 13.2. The zero-order valence-corrected chi connectivity index (χ0v) is 16.5. The molecule has 0 radical (unpaired) electrons. The Balaban J connectivity index is 2.12. The lowest BCUT2D eigenvalue weighted by Crippen LogP contribution is -2.24. The van der Waals surface area contributed by atoms with Gasteiger partial charge in [-0.25, -0.2) is 0 Å². The molecule has 0 fully saturated rings. The molecule has 0 saturated carbocycles. The highest BCUT2D eigenvalue weighted by molar-refractivity contribution is 6.30. The number of carbonyl (C=O) groups excluding carboxylic acids is 1. The molecule has 0 spiro atoms. The van der Waals surface area contributed by atoms with E-state index >= 15 is 0 Å². The number of esters is 1. The molecule has 0 N–H and O–H groups in total. The largest absolute Gasteiger partial charge is 0.462 e. The van der Waals surface area contributed by atoms with Crippen LogP contribution in [0.4, 0.5) is 0 Å². The first-order valence-electron chi connectivity index (χ1n) is 9.63. The summed E-state index contributed by atoms with van der Waals surface area (Å²) >= 11 is 5.98. The van der Waals surface area contributed by atoms with Crippen molar-refractivity contribution < 1.29 is 9.53 Å². The molecule has 2 unspecified atom stereocenters. The summed E-state index contributed by atoms with van der Waals surface area (Å²) < 4.78 is 5.89. The molecule has 2 aromatic carbocycles. The molecule has 2 rings (SSSR count). The summed E-state index contributed by atoms with van der Waals surface area (Å²) in [6.07, 6.45) is 5.89. The first-order valence-corrected chi connectivity index (χ1v) is 10.0. The van der Waals surface area contributed by atoms with Crippen molar-refractivity contribution in [2.24, 2.45) is 0 Å². The van der Waals surface area contributed by atoms with Crippen LogP contribution in [0.25, 0.3) is 0 Å². The van der Waals surface area contributed by atoms with Gasteiger partial charge >= 0.3 is 5.97 Å². The molecule has 2 nitrogen and oxygen atoms in total. The van der Waals surface area contributed by atoms with Gasteiger partial charge in [0.05, 0.1) is 5.92 Å². The zero-order chi connectivity index (χ0) is 18.8. The van der Waals surface area contributed by atoms with Gasteiger partial charge in [0.25, 0.3) is 0 Å². The smallest absolute Gasteiger partial charge is 0.314 e. The standard InChI is InChI=1S/C23H29ClO2/c1-3-5-7-12-21(4-2)26-23(25)22(19-10-8-6-9-11-19)17-18-13-15-20(24)16-14-18/h6,8-11,13-16,21-22H,3-5,7,12,17H2,1-2H3. The van der Waals surface area contributed by atoms with Gasteiger partial charge in [-0.2, -0.15) is 0 Å². The Labute approximate surface area is 162 Å². The Morgan fingerprint density at radius 2 is 1.69 bits per heavy atom. The Hall–Kier alpha value is -1.80. The topological polar surface area (TPSA) is 26.3 Å². The molecule has 2 aromatic rings. The summed E-state index contributed by atoms with van der Waals surface area (Å²) in [6.45, 7) is 4.27. The Kier molecular flexibility index (Phi) is 8.70. The molecule has 0 aliphatic carbocycles. The van der Waals surface area contributed by atoms with Gasteiger partial charge in [0.2, 0.25) is 0 Å². The average molecular weight is 373 g/mol. The van der Waals surface area contributed by atoms with Gasteiger partial charge in [-0.15, -0.1) is 0 Å². The fourth-order valence-electron chi connectivity index (χ4n) is 3.09. The second kappa shape index (κ2) is 11.0. The van der Waals surface area contributed by atoms with Crippen molar-refractivity contribution in [2.45, 2.75) is 64.4 Å². The Bertz CT molecular complexity index is 652. The Morgan fingerprint density at radius 1 is 1.00 bits per heavy atom. The quantitative estimate of drug-likeness (QED) is 0.348. The molecule has 0 aliphatic rings. The van der Waals surface area contributed by atoms with Crippen molar-refractivity contribution >= 4 is 17.6 Å². The minimum absolute atomic E-state index is 0.00507. The van der Waals surface area contributed by atoms with Crippen molar-refractivity contribution in [3.8, 4) is 0 Å². The maximum atomic E-state index is 13.0. The molecule has 0 saturated heterocycles. The van der Waals surface area contributed by atoms with Gasteiger partial charge in [-0.3, -0.25) is 4.79 Å². The monoisotopic (exact) mass is 372 g/mol. The van der Waals surface area contributed by atoms with Crippen molar-refractivity contribution in [2.75, 3.05) is 0 Å². The van der Waals surface area contributed by atoms with Crippen LogP contribution >= 0.6 is 11.6 Å². The van der Waals surface area contributed by atoms with Crippen LogP contribution < -0.4 is 0 Å². The van der Waals surface area contributed by atoms with Gasteiger partial charge in [0.15, 0.2) is 0 Å². The summed E-state index contributed by atoms with van der Waals surface area (Å²) in [5.41, 5.74) is 2.08. The van der Waals surface area contributed by atoms with Gasteiger partial charge in [0, 0.05) is 5.02 Å².